The van der Waals surface area contributed by atoms with E-state index in [9.17, 15) is 0 Å². The summed E-state index contributed by atoms with van der Waals surface area (Å²) in [6, 6.07) is 18.3. The molecule has 2 aromatic heterocycles. The van der Waals surface area contributed by atoms with Gasteiger partial charge in [0.1, 0.15) is 0 Å². The number of aromatic nitrogens is 2. The monoisotopic (exact) mass is 358 g/mol. The van der Waals surface area contributed by atoms with Crippen LogP contribution in [0.4, 0.5) is 0 Å². The minimum atomic E-state index is 0.691. The van der Waals surface area contributed by atoms with Crippen molar-refractivity contribution in [2.45, 2.75) is 20.0 Å². The summed E-state index contributed by atoms with van der Waals surface area (Å²) >= 11 is 1.71. The molecule has 0 amide bonds. The molecule has 0 aliphatic heterocycles. The SMILES string of the molecule is Cc1cn2cc(-c3cccc(CNCc4ccc(C#N)cc4)c3)nc2s1. The van der Waals surface area contributed by atoms with E-state index in [2.05, 4.69) is 59.4 Å². The van der Waals surface area contributed by atoms with E-state index in [1.54, 1.807) is 11.3 Å². The van der Waals surface area contributed by atoms with Crippen molar-refractivity contribution in [3.8, 4) is 17.3 Å². The molecule has 4 aromatic rings. The van der Waals surface area contributed by atoms with Crippen molar-refractivity contribution in [3.63, 3.8) is 0 Å². The molecule has 0 spiro atoms. The Morgan fingerprint density at radius 1 is 1.08 bits per heavy atom. The van der Waals surface area contributed by atoms with Gasteiger partial charge in [0.15, 0.2) is 4.96 Å². The summed E-state index contributed by atoms with van der Waals surface area (Å²) in [4.78, 5) is 7.02. The minimum absolute atomic E-state index is 0.691. The van der Waals surface area contributed by atoms with E-state index < -0.39 is 0 Å². The normalized spacial score (nSPS) is 10.9. The fraction of sp³-hybridized carbons (Fsp3) is 0.143. The van der Waals surface area contributed by atoms with Gasteiger partial charge in [0.25, 0.3) is 0 Å². The van der Waals surface area contributed by atoms with Gasteiger partial charge in [-0.2, -0.15) is 5.26 Å². The third-order valence-electron chi connectivity index (χ3n) is 4.24. The molecular formula is C21H18N4S. The Morgan fingerprint density at radius 3 is 2.65 bits per heavy atom. The largest absolute Gasteiger partial charge is 0.309 e. The summed E-state index contributed by atoms with van der Waals surface area (Å²) in [6.45, 7) is 3.66. The Bertz CT molecular complexity index is 1050. The predicted octanol–water partition coefficient (Wildman–Crippen LogP) is 4.53. The number of nitriles is 1. The number of thiazole rings is 1. The van der Waals surface area contributed by atoms with Crippen molar-refractivity contribution < 1.29 is 0 Å². The molecule has 0 aliphatic carbocycles. The van der Waals surface area contributed by atoms with E-state index in [-0.39, 0.29) is 0 Å². The number of nitrogens with one attached hydrogen (secondary N) is 1. The van der Waals surface area contributed by atoms with Crippen LogP contribution in [0.2, 0.25) is 0 Å². The van der Waals surface area contributed by atoms with Gasteiger partial charge >= 0.3 is 0 Å². The fourth-order valence-corrected chi connectivity index (χ4v) is 3.75. The molecule has 128 valence electrons. The highest BCUT2D eigenvalue weighted by Crippen LogP contribution is 2.24. The minimum Gasteiger partial charge on any atom is -0.309 e. The van der Waals surface area contributed by atoms with Crippen LogP contribution >= 0.6 is 11.3 Å². The zero-order valence-electron chi connectivity index (χ0n) is 14.4. The Labute approximate surface area is 156 Å². The molecule has 0 saturated carbocycles. The summed E-state index contributed by atoms with van der Waals surface area (Å²) in [5.41, 5.74) is 5.23. The maximum atomic E-state index is 8.85. The van der Waals surface area contributed by atoms with Crippen molar-refractivity contribution in [2.24, 2.45) is 0 Å². The average molecular weight is 358 g/mol. The maximum absolute atomic E-state index is 8.85. The highest BCUT2D eigenvalue weighted by Gasteiger charge is 2.07. The van der Waals surface area contributed by atoms with Gasteiger partial charge in [-0.15, -0.1) is 11.3 Å². The summed E-state index contributed by atoms with van der Waals surface area (Å²) in [5.74, 6) is 0. The van der Waals surface area contributed by atoms with Gasteiger partial charge in [-0.05, 0) is 36.2 Å². The summed E-state index contributed by atoms with van der Waals surface area (Å²) in [5, 5.41) is 12.3. The lowest BCUT2D eigenvalue weighted by Crippen LogP contribution is -2.12. The van der Waals surface area contributed by atoms with Gasteiger partial charge in [0, 0.05) is 35.9 Å². The molecular weight excluding hydrogens is 340 g/mol. The van der Waals surface area contributed by atoms with Crippen molar-refractivity contribution in [3.05, 3.63) is 82.5 Å². The standard InChI is InChI=1S/C21H18N4S/c1-15-13-25-14-20(24-21(25)26-15)19-4-2-3-18(9-19)12-23-11-17-7-5-16(10-22)6-8-17/h2-9,13-14,23H,11-12H2,1H3. The van der Waals surface area contributed by atoms with Crippen LogP contribution in [0, 0.1) is 18.3 Å². The third-order valence-corrected chi connectivity index (χ3v) is 5.15. The molecule has 0 unspecified atom stereocenters. The Kier molecular flexibility index (Phi) is 4.53. The fourth-order valence-electron chi connectivity index (χ4n) is 2.94. The number of imidazole rings is 1. The van der Waals surface area contributed by atoms with Crippen molar-refractivity contribution >= 4 is 16.3 Å². The Hall–Kier alpha value is -2.94. The molecule has 1 N–H and O–H groups in total. The molecule has 0 fully saturated rings. The molecule has 0 radical (unpaired) electrons. The second-order valence-electron chi connectivity index (χ2n) is 6.27. The van der Waals surface area contributed by atoms with Gasteiger partial charge < -0.3 is 5.32 Å². The van der Waals surface area contributed by atoms with E-state index in [0.717, 1.165) is 29.3 Å². The lowest BCUT2D eigenvalue weighted by atomic mass is 10.1. The number of hydrogen-bond donors (Lipinski definition) is 1. The second-order valence-corrected chi connectivity index (χ2v) is 7.48. The van der Waals surface area contributed by atoms with Crippen LogP contribution < -0.4 is 5.32 Å². The highest BCUT2D eigenvalue weighted by molar-refractivity contribution is 7.17. The molecule has 0 aliphatic rings. The molecule has 0 bridgehead atoms. The smallest absolute Gasteiger partial charge is 0.194 e. The first-order chi connectivity index (χ1) is 12.7. The first-order valence-electron chi connectivity index (χ1n) is 8.45. The van der Waals surface area contributed by atoms with E-state index in [1.165, 1.54) is 16.0 Å². The lowest BCUT2D eigenvalue weighted by molar-refractivity contribution is 0.693. The van der Waals surface area contributed by atoms with E-state index in [4.69, 9.17) is 10.2 Å². The maximum Gasteiger partial charge on any atom is 0.194 e. The molecule has 0 saturated heterocycles. The van der Waals surface area contributed by atoms with Crippen LogP contribution in [-0.2, 0) is 13.1 Å². The highest BCUT2D eigenvalue weighted by atomic mass is 32.1. The lowest BCUT2D eigenvalue weighted by Gasteiger charge is -2.07. The van der Waals surface area contributed by atoms with Crippen LogP contribution in [0.1, 0.15) is 21.6 Å². The Morgan fingerprint density at radius 2 is 1.88 bits per heavy atom. The first kappa shape index (κ1) is 16.5. The van der Waals surface area contributed by atoms with Crippen molar-refractivity contribution in [1.29, 1.82) is 5.26 Å². The van der Waals surface area contributed by atoms with Gasteiger partial charge in [-0.1, -0.05) is 30.3 Å². The van der Waals surface area contributed by atoms with Crippen LogP contribution in [0.15, 0.2) is 60.9 Å². The van der Waals surface area contributed by atoms with E-state index in [0.29, 0.717) is 5.56 Å². The number of rotatable bonds is 5. The average Bonchev–Trinajstić information content (AvgIpc) is 3.20. The number of benzene rings is 2. The molecule has 2 heterocycles. The predicted molar refractivity (Wildman–Crippen MR) is 105 cm³/mol. The van der Waals surface area contributed by atoms with Crippen LogP contribution in [0.25, 0.3) is 16.2 Å². The van der Waals surface area contributed by atoms with E-state index in [1.807, 2.05) is 24.3 Å². The van der Waals surface area contributed by atoms with Crippen LogP contribution in [0.5, 0.6) is 0 Å². The molecule has 5 heteroatoms. The Balaban J connectivity index is 1.43. The molecule has 2 aromatic carbocycles. The van der Waals surface area contributed by atoms with Crippen LogP contribution in [0.3, 0.4) is 0 Å². The van der Waals surface area contributed by atoms with Gasteiger partial charge in [0.2, 0.25) is 0 Å². The zero-order valence-corrected chi connectivity index (χ0v) is 15.3. The van der Waals surface area contributed by atoms with Gasteiger partial charge in [-0.3, -0.25) is 4.40 Å². The van der Waals surface area contributed by atoms with Crippen LogP contribution in [-0.4, -0.2) is 9.38 Å². The summed E-state index contributed by atoms with van der Waals surface area (Å²) in [7, 11) is 0. The topological polar surface area (TPSA) is 53.1 Å². The quantitative estimate of drug-likeness (QED) is 0.570. The number of aryl methyl sites for hydroxylation is 1. The summed E-state index contributed by atoms with van der Waals surface area (Å²) < 4.78 is 2.09. The molecule has 4 rings (SSSR count). The van der Waals surface area contributed by atoms with Crippen molar-refractivity contribution in [1.82, 2.24) is 14.7 Å². The first-order valence-corrected chi connectivity index (χ1v) is 9.27. The zero-order chi connectivity index (χ0) is 17.9. The number of fused-ring (bicyclic) bond motifs is 1. The summed E-state index contributed by atoms with van der Waals surface area (Å²) in [6.07, 6.45) is 4.20. The van der Waals surface area contributed by atoms with Gasteiger partial charge in [-0.25, -0.2) is 4.98 Å². The molecule has 4 nitrogen and oxygen atoms in total. The number of hydrogen-bond acceptors (Lipinski definition) is 4. The van der Waals surface area contributed by atoms with Crippen molar-refractivity contribution in [2.75, 3.05) is 0 Å². The third kappa shape index (κ3) is 3.52. The van der Waals surface area contributed by atoms with E-state index >= 15 is 0 Å². The number of nitrogens with zero attached hydrogens (tertiary/aromatic N) is 3. The molecule has 0 atom stereocenters. The van der Waals surface area contributed by atoms with Gasteiger partial charge in [0.05, 0.1) is 17.3 Å². The second kappa shape index (κ2) is 7.12. The molecule has 26 heavy (non-hydrogen) atoms.